The van der Waals surface area contributed by atoms with Crippen molar-refractivity contribution in [2.75, 3.05) is 0 Å². The van der Waals surface area contributed by atoms with Crippen LogP contribution in [-0.4, -0.2) is 5.71 Å². The third-order valence-corrected chi connectivity index (χ3v) is 3.37. The van der Waals surface area contributed by atoms with E-state index in [4.69, 9.17) is 5.41 Å². The summed E-state index contributed by atoms with van der Waals surface area (Å²) in [4.78, 5) is 0. The molecule has 0 spiro atoms. The molecule has 0 amide bonds. The molecule has 0 radical (unpaired) electrons. The van der Waals surface area contributed by atoms with Crippen LogP contribution in [0.2, 0.25) is 0 Å². The van der Waals surface area contributed by atoms with Gasteiger partial charge in [0.15, 0.2) is 0 Å². The van der Waals surface area contributed by atoms with E-state index >= 15 is 0 Å². The zero-order valence-electron chi connectivity index (χ0n) is 11.3. The normalized spacial score (nSPS) is 20.9. The Balaban J connectivity index is 2.53. The lowest BCUT2D eigenvalue weighted by Crippen LogP contribution is -2.05. The Morgan fingerprint density at radius 1 is 1.59 bits per heavy atom. The highest BCUT2D eigenvalue weighted by atomic mass is 14.4. The fourth-order valence-electron chi connectivity index (χ4n) is 2.53. The van der Waals surface area contributed by atoms with Gasteiger partial charge in [-0.25, -0.2) is 0 Å². The number of hydrogen-bond acceptors (Lipinski definition) is 1. The zero-order chi connectivity index (χ0) is 12.7. The summed E-state index contributed by atoms with van der Waals surface area (Å²) in [5.41, 5.74) is 3.62. The maximum atomic E-state index is 7.75. The molecular formula is C16H25N. The highest BCUT2D eigenvalue weighted by molar-refractivity contribution is 5.93. The predicted molar refractivity (Wildman–Crippen MR) is 76.6 cm³/mol. The first kappa shape index (κ1) is 14.0. The molecule has 0 saturated carbocycles. The van der Waals surface area contributed by atoms with Crippen LogP contribution in [0.4, 0.5) is 0 Å². The summed E-state index contributed by atoms with van der Waals surface area (Å²) >= 11 is 0. The maximum Gasteiger partial charge on any atom is 0.0350 e. The Hall–Kier alpha value is -1.11. The fourth-order valence-corrected chi connectivity index (χ4v) is 2.53. The number of hydrogen-bond donors (Lipinski definition) is 1. The fraction of sp³-hybridized carbons (Fsp3) is 0.562. The van der Waals surface area contributed by atoms with Crippen molar-refractivity contribution >= 4 is 5.71 Å². The number of allylic oxidation sites excluding steroid dienone is 5. The van der Waals surface area contributed by atoms with E-state index in [2.05, 4.69) is 26.5 Å². The summed E-state index contributed by atoms with van der Waals surface area (Å²) < 4.78 is 0. The third kappa shape index (κ3) is 5.16. The summed E-state index contributed by atoms with van der Waals surface area (Å²) in [6, 6.07) is 0. The van der Waals surface area contributed by atoms with E-state index in [1.54, 1.807) is 11.6 Å². The average molecular weight is 231 g/mol. The minimum Gasteiger partial charge on any atom is -0.305 e. The van der Waals surface area contributed by atoms with E-state index in [0.717, 1.165) is 6.42 Å². The largest absolute Gasteiger partial charge is 0.305 e. The van der Waals surface area contributed by atoms with Gasteiger partial charge in [-0.15, -0.1) is 6.58 Å². The molecule has 0 heterocycles. The van der Waals surface area contributed by atoms with E-state index in [1.165, 1.54) is 31.3 Å². The Kier molecular flexibility index (Phi) is 5.96. The lowest BCUT2D eigenvalue weighted by molar-refractivity contribution is 0.518. The van der Waals surface area contributed by atoms with Crippen LogP contribution in [0.5, 0.6) is 0 Å². The van der Waals surface area contributed by atoms with Gasteiger partial charge in [0.05, 0.1) is 0 Å². The van der Waals surface area contributed by atoms with Crippen LogP contribution in [0, 0.1) is 11.3 Å². The Labute approximate surface area is 106 Å². The molecule has 1 unspecified atom stereocenters. The molecule has 0 aromatic carbocycles. The van der Waals surface area contributed by atoms with E-state index in [0.29, 0.717) is 18.1 Å². The predicted octanol–water partition coefficient (Wildman–Crippen LogP) is 5.06. The molecule has 1 N–H and O–H groups in total. The molecule has 17 heavy (non-hydrogen) atoms. The van der Waals surface area contributed by atoms with Crippen molar-refractivity contribution in [3.8, 4) is 0 Å². The smallest absolute Gasteiger partial charge is 0.0350 e. The van der Waals surface area contributed by atoms with E-state index in [1.807, 2.05) is 6.08 Å². The second-order valence-electron chi connectivity index (χ2n) is 5.04. The van der Waals surface area contributed by atoms with Gasteiger partial charge in [-0.3, -0.25) is 0 Å². The minimum atomic E-state index is 0.674. The van der Waals surface area contributed by atoms with Crippen LogP contribution in [0.25, 0.3) is 0 Å². The van der Waals surface area contributed by atoms with Crippen LogP contribution in [0.3, 0.4) is 0 Å². The quantitative estimate of drug-likeness (QED) is 0.488. The molecule has 0 bridgehead atoms. The SMILES string of the molecule is C=CCC(=N)/C=C(\C)CC1C=C(CC)CCC1. The van der Waals surface area contributed by atoms with E-state index in [9.17, 15) is 0 Å². The van der Waals surface area contributed by atoms with Gasteiger partial charge < -0.3 is 5.41 Å². The monoisotopic (exact) mass is 231 g/mol. The maximum absolute atomic E-state index is 7.75. The summed E-state index contributed by atoms with van der Waals surface area (Å²) in [7, 11) is 0. The van der Waals surface area contributed by atoms with Crippen LogP contribution >= 0.6 is 0 Å². The molecule has 1 atom stereocenters. The van der Waals surface area contributed by atoms with Gasteiger partial charge in [-0.2, -0.15) is 0 Å². The highest BCUT2D eigenvalue weighted by Gasteiger charge is 2.13. The van der Waals surface area contributed by atoms with Gasteiger partial charge in [0.1, 0.15) is 0 Å². The summed E-state index contributed by atoms with van der Waals surface area (Å²) in [5.74, 6) is 0.700. The molecule has 94 valence electrons. The highest BCUT2D eigenvalue weighted by Crippen LogP contribution is 2.28. The number of nitrogens with one attached hydrogen (secondary N) is 1. The topological polar surface area (TPSA) is 23.9 Å². The van der Waals surface area contributed by atoms with Crippen LogP contribution in [0.1, 0.15) is 52.4 Å². The molecule has 1 heteroatoms. The molecule has 1 rings (SSSR count). The molecule has 1 nitrogen and oxygen atoms in total. The van der Waals surface area contributed by atoms with Gasteiger partial charge in [-0.05, 0) is 51.0 Å². The summed E-state index contributed by atoms with van der Waals surface area (Å²) in [6.07, 6.45) is 13.2. The first-order valence-corrected chi connectivity index (χ1v) is 6.70. The standard InChI is InChI=1S/C16H25N/c1-4-7-16(17)11-13(3)10-15-9-6-8-14(5-2)12-15/h4,11-12,15,17H,1,5-10H2,2-3H3/b13-11+,17-16?. The molecule has 0 saturated heterocycles. The van der Waals surface area contributed by atoms with E-state index in [-0.39, 0.29) is 0 Å². The second-order valence-corrected chi connectivity index (χ2v) is 5.04. The second kappa shape index (κ2) is 7.26. The summed E-state index contributed by atoms with van der Waals surface area (Å²) in [5, 5.41) is 7.75. The van der Waals surface area contributed by atoms with Crippen molar-refractivity contribution in [2.24, 2.45) is 5.92 Å². The Morgan fingerprint density at radius 3 is 3.00 bits per heavy atom. The molecular weight excluding hydrogens is 206 g/mol. The molecule has 1 aliphatic carbocycles. The van der Waals surface area contributed by atoms with Crippen molar-refractivity contribution in [1.29, 1.82) is 5.41 Å². The van der Waals surface area contributed by atoms with Gasteiger partial charge in [0, 0.05) is 12.1 Å². The molecule has 0 aromatic rings. The molecule has 0 aliphatic heterocycles. The van der Waals surface area contributed by atoms with E-state index < -0.39 is 0 Å². The minimum absolute atomic E-state index is 0.674. The average Bonchev–Trinajstić information content (AvgIpc) is 2.29. The van der Waals surface area contributed by atoms with Crippen LogP contribution < -0.4 is 0 Å². The van der Waals surface area contributed by atoms with Gasteiger partial charge in [0.2, 0.25) is 0 Å². The van der Waals surface area contributed by atoms with Crippen molar-refractivity contribution in [2.45, 2.75) is 52.4 Å². The van der Waals surface area contributed by atoms with Crippen molar-refractivity contribution < 1.29 is 0 Å². The first-order chi connectivity index (χ1) is 8.15. The molecule has 1 aliphatic rings. The van der Waals surface area contributed by atoms with Crippen molar-refractivity contribution in [3.05, 3.63) is 36.0 Å². The molecule has 0 aromatic heterocycles. The van der Waals surface area contributed by atoms with Gasteiger partial charge in [-0.1, -0.05) is 30.2 Å². The van der Waals surface area contributed by atoms with Crippen LogP contribution in [-0.2, 0) is 0 Å². The van der Waals surface area contributed by atoms with Crippen molar-refractivity contribution in [1.82, 2.24) is 0 Å². The Bertz CT molecular complexity index is 333. The zero-order valence-corrected chi connectivity index (χ0v) is 11.3. The Morgan fingerprint density at radius 2 is 2.35 bits per heavy atom. The van der Waals surface area contributed by atoms with Crippen LogP contribution in [0.15, 0.2) is 36.0 Å². The lowest BCUT2D eigenvalue weighted by atomic mass is 9.85. The van der Waals surface area contributed by atoms with Crippen molar-refractivity contribution in [3.63, 3.8) is 0 Å². The first-order valence-electron chi connectivity index (χ1n) is 6.70. The number of rotatable bonds is 6. The van der Waals surface area contributed by atoms with Gasteiger partial charge >= 0.3 is 0 Å². The molecule has 0 fully saturated rings. The summed E-state index contributed by atoms with van der Waals surface area (Å²) in [6.45, 7) is 8.06. The lowest BCUT2D eigenvalue weighted by Gasteiger charge is -2.20. The van der Waals surface area contributed by atoms with Gasteiger partial charge in [0.25, 0.3) is 0 Å². The third-order valence-electron chi connectivity index (χ3n) is 3.37.